The summed E-state index contributed by atoms with van der Waals surface area (Å²) in [5.74, 6) is -0.479. The molecule has 1 heterocycles. The Hall–Kier alpha value is -2.63. The van der Waals surface area contributed by atoms with Gasteiger partial charge in [-0.1, -0.05) is 42.7 Å². The monoisotopic (exact) mass is 326 g/mol. The van der Waals surface area contributed by atoms with E-state index in [2.05, 4.69) is 16.5 Å². The highest BCUT2D eigenvalue weighted by molar-refractivity contribution is 5.99. The first-order valence-corrected chi connectivity index (χ1v) is 8.19. The third-order valence-electron chi connectivity index (χ3n) is 4.67. The molecule has 3 rings (SSSR count). The maximum atomic E-state index is 13.0. The van der Waals surface area contributed by atoms with Crippen LogP contribution in [-0.4, -0.2) is 21.6 Å². The second-order valence-corrected chi connectivity index (χ2v) is 6.51. The normalized spacial score (nSPS) is 16.0. The number of hydrogen-bond acceptors (Lipinski definition) is 3. The number of carbonyl (C=O) groups is 2. The number of rotatable bonds is 5. The minimum Gasteiger partial charge on any atom is -0.368 e. The predicted octanol–water partition coefficient (Wildman–Crippen LogP) is 2.13. The van der Waals surface area contributed by atoms with Gasteiger partial charge in [0.1, 0.15) is 6.54 Å². The summed E-state index contributed by atoms with van der Waals surface area (Å²) in [6.07, 6.45) is 6.95. The summed E-state index contributed by atoms with van der Waals surface area (Å²) in [5.41, 5.74) is 7.48. The first-order chi connectivity index (χ1) is 11.5. The van der Waals surface area contributed by atoms with Crippen LogP contribution in [0.5, 0.6) is 0 Å². The lowest BCUT2D eigenvalue weighted by molar-refractivity contribution is -0.121. The molecule has 3 N–H and O–H groups in total. The van der Waals surface area contributed by atoms with E-state index in [4.69, 9.17) is 5.73 Å². The number of nitrogens with two attached hydrogens (primary N) is 1. The highest BCUT2D eigenvalue weighted by atomic mass is 16.2. The third kappa shape index (κ3) is 3.18. The summed E-state index contributed by atoms with van der Waals surface area (Å²) in [5, 5.41) is 7.01. The molecule has 0 spiro atoms. The van der Waals surface area contributed by atoms with Crippen molar-refractivity contribution in [1.29, 1.82) is 0 Å². The van der Waals surface area contributed by atoms with Gasteiger partial charge in [-0.3, -0.25) is 14.3 Å². The molecule has 1 aliphatic rings. The van der Waals surface area contributed by atoms with Gasteiger partial charge in [-0.15, -0.1) is 0 Å². The Bertz CT molecular complexity index is 760. The van der Waals surface area contributed by atoms with Crippen LogP contribution in [0.15, 0.2) is 36.7 Å². The lowest BCUT2D eigenvalue weighted by Gasteiger charge is -2.28. The van der Waals surface area contributed by atoms with E-state index in [0.717, 1.165) is 36.8 Å². The highest BCUT2D eigenvalue weighted by Crippen LogP contribution is 2.42. The zero-order valence-corrected chi connectivity index (χ0v) is 13.8. The molecule has 126 valence electrons. The van der Waals surface area contributed by atoms with Crippen LogP contribution >= 0.6 is 0 Å². The quantitative estimate of drug-likeness (QED) is 0.882. The number of nitrogens with zero attached hydrogens (tertiary/aromatic N) is 2. The molecular formula is C18H22N4O2. The Morgan fingerprint density at radius 2 is 2.08 bits per heavy atom. The van der Waals surface area contributed by atoms with Gasteiger partial charge in [0.2, 0.25) is 11.8 Å². The molecule has 0 radical (unpaired) electrons. The summed E-state index contributed by atoms with van der Waals surface area (Å²) in [6.45, 7) is 2.04. The Morgan fingerprint density at radius 3 is 2.75 bits per heavy atom. The maximum absolute atomic E-state index is 13.0. The minimum atomic E-state index is -0.488. The number of anilines is 1. The molecule has 0 saturated heterocycles. The summed E-state index contributed by atoms with van der Waals surface area (Å²) in [7, 11) is 0. The minimum absolute atomic E-state index is 0.00110. The first kappa shape index (κ1) is 16.2. The molecule has 1 aromatic heterocycles. The fourth-order valence-corrected chi connectivity index (χ4v) is 3.49. The van der Waals surface area contributed by atoms with Gasteiger partial charge in [0.05, 0.1) is 17.3 Å². The van der Waals surface area contributed by atoms with Crippen molar-refractivity contribution in [3.05, 3.63) is 47.8 Å². The zero-order chi connectivity index (χ0) is 17.2. The summed E-state index contributed by atoms with van der Waals surface area (Å²) in [6, 6.07) is 8.18. The fourth-order valence-electron chi connectivity index (χ4n) is 3.49. The van der Waals surface area contributed by atoms with Crippen molar-refractivity contribution in [1.82, 2.24) is 9.78 Å². The second-order valence-electron chi connectivity index (χ2n) is 6.51. The largest absolute Gasteiger partial charge is 0.368 e. The zero-order valence-electron chi connectivity index (χ0n) is 13.8. The molecule has 1 saturated carbocycles. The third-order valence-corrected chi connectivity index (χ3v) is 4.67. The Morgan fingerprint density at radius 1 is 1.33 bits per heavy atom. The molecule has 1 aliphatic carbocycles. The van der Waals surface area contributed by atoms with Gasteiger partial charge in [-0.2, -0.15) is 5.10 Å². The van der Waals surface area contributed by atoms with Gasteiger partial charge in [0.25, 0.3) is 0 Å². The van der Waals surface area contributed by atoms with Crippen LogP contribution in [0, 0.1) is 6.92 Å². The average molecular weight is 326 g/mol. The van der Waals surface area contributed by atoms with Crippen molar-refractivity contribution in [2.75, 3.05) is 5.32 Å². The number of benzene rings is 1. The van der Waals surface area contributed by atoms with Crippen molar-refractivity contribution in [2.45, 2.75) is 44.6 Å². The molecule has 2 amide bonds. The molecule has 2 aromatic rings. The molecule has 0 atom stereocenters. The van der Waals surface area contributed by atoms with Crippen LogP contribution in [-0.2, 0) is 21.5 Å². The molecule has 0 unspecified atom stereocenters. The second kappa shape index (κ2) is 6.47. The van der Waals surface area contributed by atoms with Gasteiger partial charge in [0.15, 0.2) is 0 Å². The van der Waals surface area contributed by atoms with Crippen molar-refractivity contribution >= 4 is 17.5 Å². The predicted molar refractivity (Wildman–Crippen MR) is 91.4 cm³/mol. The van der Waals surface area contributed by atoms with E-state index in [1.165, 1.54) is 4.68 Å². The fraction of sp³-hybridized carbons (Fsp3) is 0.389. The number of amides is 2. The van der Waals surface area contributed by atoms with E-state index in [-0.39, 0.29) is 12.5 Å². The number of nitrogens with one attached hydrogen (secondary N) is 1. The first-order valence-electron chi connectivity index (χ1n) is 8.19. The molecule has 0 bridgehead atoms. The Balaban J connectivity index is 1.83. The van der Waals surface area contributed by atoms with E-state index < -0.39 is 11.3 Å². The van der Waals surface area contributed by atoms with Gasteiger partial charge in [-0.05, 0) is 25.3 Å². The van der Waals surface area contributed by atoms with Gasteiger partial charge in [-0.25, -0.2) is 0 Å². The topological polar surface area (TPSA) is 90.0 Å². The van der Waals surface area contributed by atoms with Crippen LogP contribution in [0.25, 0.3) is 0 Å². The van der Waals surface area contributed by atoms with Crippen LogP contribution in [0.2, 0.25) is 0 Å². The van der Waals surface area contributed by atoms with Gasteiger partial charge in [0, 0.05) is 6.20 Å². The standard InChI is InChI=1S/C18H22N4O2/c1-13-5-4-6-14(9-13)18(7-2-3-8-18)17(24)21-15-10-20-22(11-15)12-16(19)23/h4-6,9-11H,2-3,7-8,12H2,1H3,(H2,19,23)(H,21,24). The van der Waals surface area contributed by atoms with Gasteiger partial charge >= 0.3 is 0 Å². The number of carbonyl (C=O) groups excluding carboxylic acids is 2. The number of hydrogen-bond donors (Lipinski definition) is 2. The molecule has 1 fully saturated rings. The smallest absolute Gasteiger partial charge is 0.239 e. The van der Waals surface area contributed by atoms with Crippen LogP contribution in [0.1, 0.15) is 36.8 Å². The number of aryl methyl sites for hydroxylation is 1. The van der Waals surface area contributed by atoms with Crippen molar-refractivity contribution < 1.29 is 9.59 Å². The highest BCUT2D eigenvalue weighted by Gasteiger charge is 2.42. The maximum Gasteiger partial charge on any atom is 0.239 e. The van der Waals surface area contributed by atoms with E-state index in [9.17, 15) is 9.59 Å². The van der Waals surface area contributed by atoms with E-state index in [1.54, 1.807) is 12.4 Å². The van der Waals surface area contributed by atoms with E-state index in [0.29, 0.717) is 5.69 Å². The van der Waals surface area contributed by atoms with Gasteiger partial charge < -0.3 is 11.1 Å². The van der Waals surface area contributed by atoms with Crippen molar-refractivity contribution in [3.8, 4) is 0 Å². The summed E-state index contributed by atoms with van der Waals surface area (Å²) in [4.78, 5) is 24.0. The molecule has 1 aromatic carbocycles. The van der Waals surface area contributed by atoms with Crippen LogP contribution < -0.4 is 11.1 Å². The van der Waals surface area contributed by atoms with Crippen LogP contribution in [0.4, 0.5) is 5.69 Å². The summed E-state index contributed by atoms with van der Waals surface area (Å²) >= 11 is 0. The Labute approximate surface area is 141 Å². The average Bonchev–Trinajstić information content (AvgIpc) is 3.17. The molecule has 24 heavy (non-hydrogen) atoms. The van der Waals surface area contributed by atoms with Crippen molar-refractivity contribution in [2.24, 2.45) is 5.73 Å². The van der Waals surface area contributed by atoms with E-state index >= 15 is 0 Å². The molecule has 6 nitrogen and oxygen atoms in total. The molecule has 0 aliphatic heterocycles. The Kier molecular flexibility index (Phi) is 4.38. The number of primary amides is 1. The van der Waals surface area contributed by atoms with E-state index in [1.807, 2.05) is 25.1 Å². The molecular weight excluding hydrogens is 304 g/mol. The lowest BCUT2D eigenvalue weighted by Crippen LogP contribution is -2.38. The van der Waals surface area contributed by atoms with Crippen molar-refractivity contribution in [3.63, 3.8) is 0 Å². The molecule has 6 heteroatoms. The lowest BCUT2D eigenvalue weighted by atomic mass is 9.77. The van der Waals surface area contributed by atoms with Crippen LogP contribution in [0.3, 0.4) is 0 Å². The number of aromatic nitrogens is 2. The summed E-state index contributed by atoms with van der Waals surface area (Å²) < 4.78 is 1.42. The SMILES string of the molecule is Cc1cccc(C2(C(=O)Nc3cnn(CC(N)=O)c3)CCCC2)c1.